The average Bonchev–Trinajstić information content (AvgIpc) is 3.33. The number of aromatic nitrogens is 4. The van der Waals surface area contributed by atoms with E-state index in [1.165, 1.54) is 32.1 Å². The Morgan fingerprint density at radius 2 is 1.80 bits per heavy atom. The van der Waals surface area contributed by atoms with E-state index in [-0.39, 0.29) is 11.6 Å². The molecule has 0 bridgehead atoms. The zero-order chi connectivity index (χ0) is 28.1. The van der Waals surface area contributed by atoms with Crippen molar-refractivity contribution in [3.05, 3.63) is 81.5 Å². The fourth-order valence-electron chi connectivity index (χ4n) is 5.78. The lowest BCUT2D eigenvalue weighted by atomic mass is 9.79. The smallest absolute Gasteiger partial charge is 0.124 e. The highest BCUT2D eigenvalue weighted by Gasteiger charge is 2.30. The van der Waals surface area contributed by atoms with E-state index < -0.39 is 0 Å². The van der Waals surface area contributed by atoms with Crippen molar-refractivity contribution in [1.29, 1.82) is 0 Å². The van der Waals surface area contributed by atoms with Crippen LogP contribution in [-0.4, -0.2) is 20.2 Å². The highest BCUT2D eigenvalue weighted by Crippen LogP contribution is 2.35. The molecule has 3 aromatic heterocycles. The number of hydrogen-bond donors (Lipinski definition) is 2. The SMILES string of the molecule is CC1CCCCCCCC(N)(c2ccc(/C=C/c3n[nH]c4ccc(O[C@H](C)c5c(Cl)cncc5Cl)cc34)cn2)C1. The van der Waals surface area contributed by atoms with E-state index in [0.717, 1.165) is 47.1 Å². The minimum atomic E-state index is -0.365. The summed E-state index contributed by atoms with van der Waals surface area (Å²) in [7, 11) is 0. The molecule has 3 heterocycles. The van der Waals surface area contributed by atoms with Gasteiger partial charge < -0.3 is 10.5 Å². The van der Waals surface area contributed by atoms with E-state index in [2.05, 4.69) is 34.2 Å². The van der Waals surface area contributed by atoms with Crippen molar-refractivity contribution in [2.75, 3.05) is 0 Å². The van der Waals surface area contributed by atoms with Crippen molar-refractivity contribution >= 4 is 46.3 Å². The number of ether oxygens (including phenoxy) is 1. The fraction of sp³-hybridized carbons (Fsp3) is 0.406. The first-order valence-electron chi connectivity index (χ1n) is 14.2. The Bertz CT molecular complexity index is 1450. The second kappa shape index (κ2) is 12.7. The molecule has 0 aliphatic heterocycles. The second-order valence-corrected chi connectivity index (χ2v) is 12.0. The first-order valence-corrected chi connectivity index (χ1v) is 15.0. The van der Waals surface area contributed by atoms with Gasteiger partial charge in [0.15, 0.2) is 0 Å². The molecule has 1 aromatic carbocycles. The molecule has 2 unspecified atom stereocenters. The van der Waals surface area contributed by atoms with Gasteiger partial charge in [-0.25, -0.2) is 0 Å². The van der Waals surface area contributed by atoms with Gasteiger partial charge in [0.1, 0.15) is 11.9 Å². The zero-order valence-electron chi connectivity index (χ0n) is 23.2. The highest BCUT2D eigenvalue weighted by molar-refractivity contribution is 6.35. The lowest BCUT2D eigenvalue weighted by Gasteiger charge is -2.33. The molecule has 8 heteroatoms. The standard InChI is InChI=1S/C32H37Cl2N5O/c1-21-8-6-4-3-5-7-15-32(35,17-21)30-14-10-23(18-37-30)9-12-28-25-16-24(11-13-29(25)39-38-28)40-22(2)31-26(33)19-36-20-27(31)34/h9-14,16,18-22H,3-8,15,17,35H2,1-2H3,(H,38,39)/b12-9+/t21?,22-,32?/m1/s1. The van der Waals surface area contributed by atoms with E-state index >= 15 is 0 Å². The van der Waals surface area contributed by atoms with E-state index in [1.807, 2.05) is 43.5 Å². The van der Waals surface area contributed by atoms with Crippen molar-refractivity contribution in [3.8, 4) is 5.75 Å². The lowest BCUT2D eigenvalue weighted by molar-refractivity contribution is 0.227. The molecule has 3 N–H and O–H groups in total. The Hall–Kier alpha value is -2.93. The summed E-state index contributed by atoms with van der Waals surface area (Å²) < 4.78 is 6.19. The Morgan fingerprint density at radius 1 is 1.02 bits per heavy atom. The molecule has 3 atom stereocenters. The van der Waals surface area contributed by atoms with Crippen LogP contribution in [0.15, 0.2) is 48.9 Å². The van der Waals surface area contributed by atoms with Gasteiger partial charge >= 0.3 is 0 Å². The summed E-state index contributed by atoms with van der Waals surface area (Å²) in [4.78, 5) is 8.86. The number of hydrogen-bond acceptors (Lipinski definition) is 5. The van der Waals surface area contributed by atoms with E-state index in [1.54, 1.807) is 12.4 Å². The number of aromatic amines is 1. The van der Waals surface area contributed by atoms with Crippen LogP contribution in [0, 0.1) is 5.92 Å². The fourth-order valence-corrected chi connectivity index (χ4v) is 6.45. The summed E-state index contributed by atoms with van der Waals surface area (Å²) in [5, 5.41) is 9.51. The van der Waals surface area contributed by atoms with Crippen LogP contribution in [0.3, 0.4) is 0 Å². The highest BCUT2D eigenvalue weighted by atomic mass is 35.5. The molecular weight excluding hydrogens is 541 g/mol. The summed E-state index contributed by atoms with van der Waals surface area (Å²) in [5.74, 6) is 1.30. The van der Waals surface area contributed by atoms with E-state index in [4.69, 9.17) is 38.7 Å². The summed E-state index contributed by atoms with van der Waals surface area (Å²) in [5.41, 5.74) is 11.1. The van der Waals surface area contributed by atoms with Crippen LogP contribution in [0.1, 0.15) is 93.8 Å². The normalized spacial score (nSPS) is 21.5. The zero-order valence-corrected chi connectivity index (χ0v) is 24.7. The van der Waals surface area contributed by atoms with Gasteiger partial charge in [-0.1, -0.05) is 80.8 Å². The maximum absolute atomic E-state index is 7.00. The molecule has 0 amide bonds. The van der Waals surface area contributed by atoms with E-state index in [0.29, 0.717) is 27.3 Å². The van der Waals surface area contributed by atoms with Gasteiger partial charge in [0, 0.05) is 29.5 Å². The number of nitrogens with two attached hydrogens (primary N) is 1. The number of fused-ring (bicyclic) bond motifs is 1. The summed E-state index contributed by atoms with van der Waals surface area (Å²) >= 11 is 12.6. The molecule has 210 valence electrons. The predicted octanol–water partition coefficient (Wildman–Crippen LogP) is 8.89. The van der Waals surface area contributed by atoms with Gasteiger partial charge in [-0.3, -0.25) is 15.1 Å². The van der Waals surface area contributed by atoms with Crippen LogP contribution in [0.5, 0.6) is 5.75 Å². The molecule has 40 heavy (non-hydrogen) atoms. The number of nitrogens with one attached hydrogen (secondary N) is 1. The minimum absolute atomic E-state index is 0.351. The van der Waals surface area contributed by atoms with Gasteiger partial charge in [-0.2, -0.15) is 5.10 Å². The number of halogens is 2. The molecule has 4 aromatic rings. The summed E-state index contributed by atoms with van der Waals surface area (Å²) in [6, 6.07) is 10.0. The molecular formula is C32H37Cl2N5O. The van der Waals surface area contributed by atoms with Gasteiger partial charge in [0.2, 0.25) is 0 Å². The number of nitrogens with zero attached hydrogens (tertiary/aromatic N) is 3. The van der Waals surface area contributed by atoms with Crippen molar-refractivity contribution in [3.63, 3.8) is 0 Å². The second-order valence-electron chi connectivity index (χ2n) is 11.2. The molecule has 1 aliphatic rings. The van der Waals surface area contributed by atoms with Crippen molar-refractivity contribution in [1.82, 2.24) is 20.2 Å². The maximum atomic E-state index is 7.00. The van der Waals surface area contributed by atoms with Crippen LogP contribution in [-0.2, 0) is 5.54 Å². The van der Waals surface area contributed by atoms with Crippen LogP contribution in [0.2, 0.25) is 10.0 Å². The number of rotatable bonds is 6. The van der Waals surface area contributed by atoms with Crippen molar-refractivity contribution in [2.45, 2.75) is 76.9 Å². The lowest BCUT2D eigenvalue weighted by Crippen LogP contribution is -2.39. The Morgan fingerprint density at radius 3 is 2.58 bits per heavy atom. The number of pyridine rings is 2. The Kier molecular flexibility index (Phi) is 9.09. The molecule has 6 nitrogen and oxygen atoms in total. The molecule has 5 rings (SSSR count). The van der Waals surface area contributed by atoms with Gasteiger partial charge in [-0.15, -0.1) is 0 Å². The van der Waals surface area contributed by atoms with Crippen LogP contribution >= 0.6 is 23.2 Å². The van der Waals surface area contributed by atoms with Crippen molar-refractivity contribution < 1.29 is 4.74 Å². The molecule has 0 radical (unpaired) electrons. The van der Waals surface area contributed by atoms with Crippen LogP contribution in [0.25, 0.3) is 23.1 Å². The first-order chi connectivity index (χ1) is 19.3. The quantitative estimate of drug-likeness (QED) is 0.239. The molecule has 0 spiro atoms. The third kappa shape index (κ3) is 6.68. The van der Waals surface area contributed by atoms with Crippen LogP contribution < -0.4 is 10.5 Å². The predicted molar refractivity (Wildman–Crippen MR) is 165 cm³/mol. The number of H-pyrrole nitrogens is 1. The molecule has 1 saturated carbocycles. The summed E-state index contributed by atoms with van der Waals surface area (Å²) in [6.07, 6.45) is 18.3. The van der Waals surface area contributed by atoms with Gasteiger partial charge in [0.05, 0.1) is 32.5 Å². The van der Waals surface area contributed by atoms with Crippen LogP contribution in [0.4, 0.5) is 0 Å². The third-order valence-corrected chi connectivity index (χ3v) is 8.54. The monoisotopic (exact) mass is 577 g/mol. The molecule has 0 saturated heterocycles. The molecule has 1 aliphatic carbocycles. The van der Waals surface area contributed by atoms with Gasteiger partial charge in [-0.05, 0) is 61.6 Å². The minimum Gasteiger partial charge on any atom is -0.486 e. The summed E-state index contributed by atoms with van der Waals surface area (Å²) in [6.45, 7) is 4.24. The number of benzene rings is 1. The first kappa shape index (κ1) is 28.6. The Balaban J connectivity index is 1.32. The Labute approximate surface area is 246 Å². The van der Waals surface area contributed by atoms with Crippen molar-refractivity contribution in [2.24, 2.45) is 11.7 Å². The largest absolute Gasteiger partial charge is 0.486 e. The molecule has 1 fully saturated rings. The third-order valence-electron chi connectivity index (χ3n) is 7.94. The maximum Gasteiger partial charge on any atom is 0.124 e. The van der Waals surface area contributed by atoms with E-state index in [9.17, 15) is 0 Å². The van der Waals surface area contributed by atoms with Gasteiger partial charge in [0.25, 0.3) is 0 Å². The topological polar surface area (TPSA) is 89.7 Å². The average molecular weight is 579 g/mol.